The van der Waals surface area contributed by atoms with E-state index in [4.69, 9.17) is 9.72 Å². The van der Waals surface area contributed by atoms with Gasteiger partial charge in [0.15, 0.2) is 0 Å². The highest BCUT2D eigenvalue weighted by atomic mass is 19.1. The topological polar surface area (TPSA) is 34.1 Å². The summed E-state index contributed by atoms with van der Waals surface area (Å²) in [5.41, 5.74) is 4.50. The summed E-state index contributed by atoms with van der Waals surface area (Å²) >= 11 is 0. The number of pyridine rings is 1. The van der Waals surface area contributed by atoms with Crippen molar-refractivity contribution < 1.29 is 9.13 Å². The minimum atomic E-state index is -0.256. The van der Waals surface area contributed by atoms with Gasteiger partial charge >= 0.3 is 0 Å². The lowest BCUT2D eigenvalue weighted by molar-refractivity contribution is 0.415. The molecular formula is C22H17FN2O. The summed E-state index contributed by atoms with van der Waals surface area (Å²) in [4.78, 5) is 4.78. The number of nitrogens with zero attached hydrogens (tertiary/aromatic N) is 1. The van der Waals surface area contributed by atoms with Gasteiger partial charge in [0, 0.05) is 16.6 Å². The zero-order valence-corrected chi connectivity index (χ0v) is 14.2. The van der Waals surface area contributed by atoms with Crippen LogP contribution in [0.25, 0.3) is 22.2 Å². The summed E-state index contributed by atoms with van der Waals surface area (Å²) in [6.45, 7) is 0. The molecule has 1 heterocycles. The number of aromatic nitrogens is 1. The number of benzene rings is 3. The number of hydrogen-bond acceptors (Lipinski definition) is 3. The van der Waals surface area contributed by atoms with Gasteiger partial charge in [-0.05, 0) is 60.7 Å². The Hall–Kier alpha value is -3.40. The number of para-hydroxylation sites is 1. The van der Waals surface area contributed by atoms with Crippen molar-refractivity contribution in [1.29, 1.82) is 0 Å². The first-order chi connectivity index (χ1) is 12.7. The molecule has 0 aliphatic heterocycles. The Morgan fingerprint density at radius 1 is 0.885 bits per heavy atom. The molecule has 0 atom stereocenters. The van der Waals surface area contributed by atoms with Crippen LogP contribution >= 0.6 is 0 Å². The minimum absolute atomic E-state index is 0.256. The van der Waals surface area contributed by atoms with Gasteiger partial charge in [-0.3, -0.25) is 0 Å². The molecule has 4 aromatic rings. The molecule has 0 unspecified atom stereocenters. The van der Waals surface area contributed by atoms with Gasteiger partial charge in [-0.15, -0.1) is 0 Å². The lowest BCUT2D eigenvalue weighted by Gasteiger charge is -2.12. The number of ether oxygens (including phenoxy) is 1. The third-order valence-electron chi connectivity index (χ3n) is 4.23. The van der Waals surface area contributed by atoms with Crippen molar-refractivity contribution in [3.8, 4) is 17.0 Å². The molecule has 4 heteroatoms. The highest BCUT2D eigenvalue weighted by molar-refractivity contribution is 5.95. The smallest absolute Gasteiger partial charge is 0.123 e. The highest BCUT2D eigenvalue weighted by Crippen LogP contribution is 2.31. The summed E-state index contributed by atoms with van der Waals surface area (Å²) in [6.07, 6.45) is 0. The van der Waals surface area contributed by atoms with Crippen molar-refractivity contribution >= 4 is 22.3 Å². The first-order valence-corrected chi connectivity index (χ1v) is 8.30. The maximum absolute atomic E-state index is 13.2. The Bertz CT molecular complexity index is 1040. The molecule has 0 saturated carbocycles. The number of anilines is 2. The van der Waals surface area contributed by atoms with Crippen LogP contribution < -0.4 is 10.1 Å². The van der Waals surface area contributed by atoms with Gasteiger partial charge in [0.1, 0.15) is 11.6 Å². The molecule has 26 heavy (non-hydrogen) atoms. The Kier molecular flexibility index (Phi) is 4.23. The lowest BCUT2D eigenvalue weighted by Crippen LogP contribution is -1.95. The number of halogens is 1. The fraction of sp³-hybridized carbons (Fsp3) is 0.0455. The molecule has 0 radical (unpaired) electrons. The van der Waals surface area contributed by atoms with Crippen LogP contribution in [0.3, 0.4) is 0 Å². The van der Waals surface area contributed by atoms with E-state index in [9.17, 15) is 4.39 Å². The van der Waals surface area contributed by atoms with Crippen molar-refractivity contribution in [3.05, 3.63) is 84.7 Å². The van der Waals surface area contributed by atoms with Gasteiger partial charge < -0.3 is 10.1 Å². The fourth-order valence-corrected chi connectivity index (χ4v) is 2.88. The third-order valence-corrected chi connectivity index (χ3v) is 4.23. The number of methoxy groups -OCH3 is 1. The standard InChI is InChI=1S/C22H17FN2O/c1-26-18-12-6-15(7-13-18)21-14-22(19-4-2-3-5-20(19)25-21)24-17-10-8-16(23)9-11-17/h2-14H,1H3,(H,24,25). The zero-order chi connectivity index (χ0) is 17.9. The molecule has 128 valence electrons. The SMILES string of the molecule is COc1ccc(-c2cc(Nc3ccc(F)cc3)c3ccccc3n2)cc1. The molecule has 0 amide bonds. The number of rotatable bonds is 4. The van der Waals surface area contributed by atoms with E-state index in [2.05, 4.69) is 5.32 Å². The largest absolute Gasteiger partial charge is 0.497 e. The van der Waals surface area contributed by atoms with E-state index in [0.29, 0.717) is 0 Å². The predicted molar refractivity (Wildman–Crippen MR) is 103 cm³/mol. The van der Waals surface area contributed by atoms with Gasteiger partial charge in [-0.2, -0.15) is 0 Å². The van der Waals surface area contributed by atoms with Crippen LogP contribution in [-0.4, -0.2) is 12.1 Å². The Balaban J connectivity index is 1.80. The van der Waals surface area contributed by atoms with Crippen LogP contribution in [0.1, 0.15) is 0 Å². The number of nitrogens with one attached hydrogen (secondary N) is 1. The molecule has 0 bridgehead atoms. The van der Waals surface area contributed by atoms with Gasteiger partial charge in [-0.25, -0.2) is 9.37 Å². The second kappa shape index (κ2) is 6.84. The number of fused-ring (bicyclic) bond motifs is 1. The van der Waals surface area contributed by atoms with Crippen LogP contribution in [-0.2, 0) is 0 Å². The van der Waals surface area contributed by atoms with Crippen LogP contribution in [0, 0.1) is 5.82 Å². The Morgan fingerprint density at radius 2 is 1.62 bits per heavy atom. The van der Waals surface area contributed by atoms with E-state index < -0.39 is 0 Å². The molecule has 0 aliphatic carbocycles. The Labute approximate surface area is 151 Å². The van der Waals surface area contributed by atoms with Crippen molar-refractivity contribution in [2.24, 2.45) is 0 Å². The van der Waals surface area contributed by atoms with Crippen LogP contribution in [0.4, 0.5) is 15.8 Å². The zero-order valence-electron chi connectivity index (χ0n) is 14.2. The first-order valence-electron chi connectivity index (χ1n) is 8.30. The average Bonchev–Trinajstić information content (AvgIpc) is 2.69. The first kappa shape index (κ1) is 16.1. The quantitative estimate of drug-likeness (QED) is 0.508. The molecule has 0 fully saturated rings. The van der Waals surface area contributed by atoms with Crippen molar-refractivity contribution in [2.75, 3.05) is 12.4 Å². The van der Waals surface area contributed by atoms with E-state index in [1.807, 2.05) is 54.6 Å². The normalized spacial score (nSPS) is 10.7. The molecule has 3 aromatic carbocycles. The molecular weight excluding hydrogens is 327 g/mol. The average molecular weight is 344 g/mol. The Morgan fingerprint density at radius 3 is 2.35 bits per heavy atom. The third kappa shape index (κ3) is 3.22. The lowest BCUT2D eigenvalue weighted by atomic mass is 10.1. The van der Waals surface area contributed by atoms with E-state index in [1.165, 1.54) is 12.1 Å². The molecule has 1 N–H and O–H groups in total. The van der Waals surface area contributed by atoms with Gasteiger partial charge in [0.2, 0.25) is 0 Å². The summed E-state index contributed by atoms with van der Waals surface area (Å²) in [5.74, 6) is 0.549. The summed E-state index contributed by atoms with van der Waals surface area (Å²) in [7, 11) is 1.65. The van der Waals surface area contributed by atoms with Crippen LogP contribution in [0.5, 0.6) is 5.75 Å². The minimum Gasteiger partial charge on any atom is -0.497 e. The van der Waals surface area contributed by atoms with E-state index >= 15 is 0 Å². The molecule has 1 aromatic heterocycles. The molecule has 0 aliphatic rings. The maximum Gasteiger partial charge on any atom is 0.123 e. The fourth-order valence-electron chi connectivity index (χ4n) is 2.88. The maximum atomic E-state index is 13.2. The van der Waals surface area contributed by atoms with Crippen LogP contribution in [0.15, 0.2) is 78.9 Å². The molecule has 3 nitrogen and oxygen atoms in total. The van der Waals surface area contributed by atoms with Gasteiger partial charge in [-0.1, -0.05) is 18.2 Å². The van der Waals surface area contributed by atoms with Crippen molar-refractivity contribution in [2.45, 2.75) is 0 Å². The van der Waals surface area contributed by atoms with Crippen molar-refractivity contribution in [1.82, 2.24) is 4.98 Å². The van der Waals surface area contributed by atoms with E-state index in [1.54, 1.807) is 19.2 Å². The molecule has 0 saturated heterocycles. The molecule has 4 rings (SSSR count). The summed E-state index contributed by atoms with van der Waals surface area (Å²) in [5, 5.41) is 4.38. The van der Waals surface area contributed by atoms with E-state index in [0.717, 1.165) is 39.3 Å². The summed E-state index contributed by atoms with van der Waals surface area (Å²) < 4.78 is 18.4. The highest BCUT2D eigenvalue weighted by Gasteiger charge is 2.08. The van der Waals surface area contributed by atoms with Crippen molar-refractivity contribution in [3.63, 3.8) is 0 Å². The van der Waals surface area contributed by atoms with Gasteiger partial charge in [0.25, 0.3) is 0 Å². The number of hydrogen-bond donors (Lipinski definition) is 1. The second-order valence-electron chi connectivity index (χ2n) is 5.93. The molecule has 0 spiro atoms. The summed E-state index contributed by atoms with van der Waals surface area (Å²) in [6, 6.07) is 24.1. The predicted octanol–water partition coefficient (Wildman–Crippen LogP) is 5.79. The van der Waals surface area contributed by atoms with Gasteiger partial charge in [0.05, 0.1) is 24.0 Å². The monoisotopic (exact) mass is 344 g/mol. The second-order valence-corrected chi connectivity index (χ2v) is 5.93. The van der Waals surface area contributed by atoms with E-state index in [-0.39, 0.29) is 5.82 Å². The van der Waals surface area contributed by atoms with Crippen LogP contribution in [0.2, 0.25) is 0 Å².